The summed E-state index contributed by atoms with van der Waals surface area (Å²) in [7, 11) is 0. The first kappa shape index (κ1) is 13.0. The molecule has 0 saturated carbocycles. The lowest BCUT2D eigenvalue weighted by Gasteiger charge is -2.16. The Morgan fingerprint density at radius 3 is 2.81 bits per heavy atom. The van der Waals surface area contributed by atoms with Crippen LogP contribution < -0.4 is 5.32 Å². The molecule has 0 aromatic carbocycles. The molecule has 2 unspecified atom stereocenters. The van der Waals surface area contributed by atoms with Gasteiger partial charge >= 0.3 is 5.97 Å². The van der Waals surface area contributed by atoms with Gasteiger partial charge in [0.05, 0.1) is 0 Å². The third kappa shape index (κ3) is 3.81. The zero-order valence-electron chi connectivity index (χ0n) is 9.57. The summed E-state index contributed by atoms with van der Waals surface area (Å²) in [6.45, 7) is 2.57. The molecule has 1 aliphatic heterocycles. The molecule has 1 heterocycles. The number of unbranched alkanes of at least 4 members (excludes halogenated alkanes) is 1. The molecule has 1 saturated heterocycles. The van der Waals surface area contributed by atoms with Crippen LogP contribution in [0.4, 0.5) is 0 Å². The van der Waals surface area contributed by atoms with Gasteiger partial charge in [0.15, 0.2) is 0 Å². The van der Waals surface area contributed by atoms with Crippen LogP contribution >= 0.6 is 0 Å². The van der Waals surface area contributed by atoms with Gasteiger partial charge in [0.25, 0.3) is 0 Å². The molecule has 5 heteroatoms. The molecule has 16 heavy (non-hydrogen) atoms. The van der Waals surface area contributed by atoms with Crippen LogP contribution in [0.15, 0.2) is 0 Å². The van der Waals surface area contributed by atoms with Crippen LogP contribution in [-0.2, 0) is 14.3 Å². The molecule has 0 aliphatic carbocycles. The number of hydrogen-bond acceptors (Lipinski definition) is 3. The van der Waals surface area contributed by atoms with Gasteiger partial charge in [0, 0.05) is 6.61 Å². The molecule has 0 spiro atoms. The van der Waals surface area contributed by atoms with Crippen molar-refractivity contribution in [2.75, 3.05) is 6.61 Å². The number of ether oxygens (including phenoxy) is 1. The molecule has 1 rings (SSSR count). The number of carbonyl (C=O) groups is 2. The van der Waals surface area contributed by atoms with Gasteiger partial charge in [0.1, 0.15) is 12.1 Å². The van der Waals surface area contributed by atoms with Crippen LogP contribution in [0.1, 0.15) is 39.0 Å². The number of carboxylic acid groups (broad SMARTS) is 1. The van der Waals surface area contributed by atoms with Gasteiger partial charge in [-0.15, -0.1) is 0 Å². The van der Waals surface area contributed by atoms with E-state index in [2.05, 4.69) is 5.32 Å². The SMILES string of the molecule is CCCCC(NC(=O)C1CCCO1)C(=O)O. The van der Waals surface area contributed by atoms with Crippen molar-refractivity contribution in [1.82, 2.24) is 5.32 Å². The third-order valence-corrected chi connectivity index (χ3v) is 2.68. The standard InChI is InChI=1S/C11H19NO4/c1-2-3-5-8(11(14)15)12-10(13)9-6-4-7-16-9/h8-9H,2-7H2,1H3,(H,12,13)(H,14,15). The van der Waals surface area contributed by atoms with Gasteiger partial charge in [-0.3, -0.25) is 4.79 Å². The van der Waals surface area contributed by atoms with E-state index in [1.54, 1.807) is 0 Å². The fourth-order valence-corrected chi connectivity index (χ4v) is 1.71. The molecule has 0 bridgehead atoms. The number of nitrogens with one attached hydrogen (secondary N) is 1. The maximum atomic E-state index is 11.6. The molecular weight excluding hydrogens is 210 g/mol. The maximum absolute atomic E-state index is 11.6. The Balaban J connectivity index is 2.40. The molecule has 0 aromatic rings. The highest BCUT2D eigenvalue weighted by Crippen LogP contribution is 2.12. The Bertz CT molecular complexity index is 248. The second-order valence-electron chi connectivity index (χ2n) is 4.04. The first-order valence-electron chi connectivity index (χ1n) is 5.80. The molecule has 1 fully saturated rings. The number of hydrogen-bond donors (Lipinski definition) is 2. The van der Waals surface area contributed by atoms with Gasteiger partial charge in [-0.05, 0) is 19.3 Å². The number of carbonyl (C=O) groups excluding carboxylic acids is 1. The minimum Gasteiger partial charge on any atom is -0.480 e. The van der Waals surface area contributed by atoms with E-state index in [0.717, 1.165) is 19.3 Å². The van der Waals surface area contributed by atoms with Crippen molar-refractivity contribution in [2.45, 2.75) is 51.2 Å². The van der Waals surface area contributed by atoms with E-state index in [1.807, 2.05) is 6.92 Å². The van der Waals surface area contributed by atoms with E-state index in [9.17, 15) is 9.59 Å². The van der Waals surface area contributed by atoms with E-state index in [-0.39, 0.29) is 5.91 Å². The third-order valence-electron chi connectivity index (χ3n) is 2.68. The predicted octanol–water partition coefficient (Wildman–Crippen LogP) is 0.925. The average molecular weight is 229 g/mol. The van der Waals surface area contributed by atoms with Crippen molar-refractivity contribution in [3.8, 4) is 0 Å². The molecule has 92 valence electrons. The number of carboxylic acids is 1. The van der Waals surface area contributed by atoms with Crippen LogP contribution in [0.25, 0.3) is 0 Å². The molecule has 0 aromatic heterocycles. The summed E-state index contributed by atoms with van der Waals surface area (Å²) in [4.78, 5) is 22.5. The second kappa shape index (κ2) is 6.48. The van der Waals surface area contributed by atoms with E-state index in [0.29, 0.717) is 19.4 Å². The van der Waals surface area contributed by atoms with E-state index in [1.165, 1.54) is 0 Å². The van der Waals surface area contributed by atoms with Gasteiger partial charge in [-0.25, -0.2) is 4.79 Å². The van der Waals surface area contributed by atoms with Crippen LogP contribution in [0, 0.1) is 0 Å². The monoisotopic (exact) mass is 229 g/mol. The summed E-state index contributed by atoms with van der Waals surface area (Å²) in [6, 6.07) is -0.781. The van der Waals surface area contributed by atoms with Crippen LogP contribution in [0.5, 0.6) is 0 Å². The normalized spacial score (nSPS) is 21.7. The van der Waals surface area contributed by atoms with E-state index in [4.69, 9.17) is 9.84 Å². The summed E-state index contributed by atoms with van der Waals surface area (Å²) >= 11 is 0. The Labute approximate surface area is 95.2 Å². The first-order chi connectivity index (χ1) is 7.65. The molecule has 1 amide bonds. The Kier molecular flexibility index (Phi) is 5.25. The van der Waals surface area contributed by atoms with Crippen molar-refractivity contribution in [2.24, 2.45) is 0 Å². The van der Waals surface area contributed by atoms with E-state index < -0.39 is 18.1 Å². The van der Waals surface area contributed by atoms with Crippen molar-refractivity contribution in [1.29, 1.82) is 0 Å². The lowest BCUT2D eigenvalue weighted by atomic mass is 10.1. The predicted molar refractivity (Wildman–Crippen MR) is 58.1 cm³/mol. The van der Waals surface area contributed by atoms with Gasteiger partial charge < -0.3 is 15.2 Å². The molecule has 5 nitrogen and oxygen atoms in total. The largest absolute Gasteiger partial charge is 0.480 e. The number of amides is 1. The smallest absolute Gasteiger partial charge is 0.326 e. The fraction of sp³-hybridized carbons (Fsp3) is 0.818. The van der Waals surface area contributed by atoms with Crippen molar-refractivity contribution in [3.05, 3.63) is 0 Å². The van der Waals surface area contributed by atoms with Crippen molar-refractivity contribution < 1.29 is 19.4 Å². The van der Waals surface area contributed by atoms with Crippen molar-refractivity contribution >= 4 is 11.9 Å². The summed E-state index contributed by atoms with van der Waals surface area (Å²) < 4.78 is 5.19. The molecule has 2 N–H and O–H groups in total. The highest BCUT2D eigenvalue weighted by molar-refractivity contribution is 5.86. The lowest BCUT2D eigenvalue weighted by Crippen LogP contribution is -2.45. The molecule has 1 aliphatic rings. The minimum atomic E-state index is -0.972. The summed E-state index contributed by atoms with van der Waals surface area (Å²) in [5.74, 6) is -1.26. The highest BCUT2D eigenvalue weighted by atomic mass is 16.5. The Morgan fingerprint density at radius 2 is 2.31 bits per heavy atom. The van der Waals surface area contributed by atoms with Crippen LogP contribution in [0.2, 0.25) is 0 Å². The van der Waals surface area contributed by atoms with Crippen molar-refractivity contribution in [3.63, 3.8) is 0 Å². The summed E-state index contributed by atoms with van der Waals surface area (Å²) in [5.41, 5.74) is 0. The van der Waals surface area contributed by atoms with Gasteiger partial charge in [-0.1, -0.05) is 19.8 Å². The Hall–Kier alpha value is -1.10. The quantitative estimate of drug-likeness (QED) is 0.710. The number of aliphatic carboxylic acids is 1. The first-order valence-corrected chi connectivity index (χ1v) is 5.80. The molecule has 2 atom stereocenters. The lowest BCUT2D eigenvalue weighted by molar-refractivity contribution is -0.143. The molecular formula is C11H19NO4. The summed E-state index contributed by atoms with van der Waals surface area (Å²) in [6.07, 6.45) is 3.28. The zero-order chi connectivity index (χ0) is 12.0. The van der Waals surface area contributed by atoms with E-state index >= 15 is 0 Å². The van der Waals surface area contributed by atoms with Crippen LogP contribution in [-0.4, -0.2) is 35.7 Å². The Morgan fingerprint density at radius 1 is 1.56 bits per heavy atom. The minimum absolute atomic E-state index is 0.291. The van der Waals surface area contributed by atoms with Gasteiger partial charge in [0.2, 0.25) is 5.91 Å². The second-order valence-corrected chi connectivity index (χ2v) is 4.04. The highest BCUT2D eigenvalue weighted by Gasteiger charge is 2.27. The average Bonchev–Trinajstić information content (AvgIpc) is 2.76. The van der Waals surface area contributed by atoms with Crippen LogP contribution in [0.3, 0.4) is 0 Å². The summed E-state index contributed by atoms with van der Waals surface area (Å²) in [5, 5.41) is 11.5. The number of rotatable bonds is 6. The van der Waals surface area contributed by atoms with Gasteiger partial charge in [-0.2, -0.15) is 0 Å². The zero-order valence-corrected chi connectivity index (χ0v) is 9.57. The maximum Gasteiger partial charge on any atom is 0.326 e. The molecule has 0 radical (unpaired) electrons. The topological polar surface area (TPSA) is 75.6 Å². The fourth-order valence-electron chi connectivity index (χ4n) is 1.71.